The van der Waals surface area contributed by atoms with Crippen LogP contribution in [-0.2, 0) is 4.79 Å². The van der Waals surface area contributed by atoms with E-state index in [0.29, 0.717) is 0 Å². The Balaban J connectivity index is 0. The van der Waals surface area contributed by atoms with E-state index in [-0.39, 0.29) is 57.3 Å². The van der Waals surface area contributed by atoms with Crippen LogP contribution in [0.4, 0.5) is 0 Å². The van der Waals surface area contributed by atoms with Crippen LogP contribution in [0.3, 0.4) is 0 Å². The summed E-state index contributed by atoms with van der Waals surface area (Å²) in [7, 11) is 0. The third kappa shape index (κ3) is 4.82. The fourth-order valence-electron chi connectivity index (χ4n) is 0.497. The molecule has 0 radical (unpaired) electrons. The molecule has 0 aliphatic rings. The number of carboxylic acid groups (broad SMARTS) is 1. The van der Waals surface area contributed by atoms with Crippen molar-refractivity contribution in [3.05, 3.63) is 0 Å². The number of rotatable bonds is 3. The standard InChI is InChI=1S/C6H13NO2.K/c1-3-4(2)5(7)6(8)9;/h4-5H,3,7H2,1-2H3,(H,8,9);/q;+1. The first-order chi connectivity index (χ1) is 4.09. The Bertz CT molecular complexity index is 108. The summed E-state index contributed by atoms with van der Waals surface area (Å²) in [5, 5.41) is 8.36. The van der Waals surface area contributed by atoms with Crippen molar-refractivity contribution in [2.45, 2.75) is 26.3 Å². The summed E-state index contributed by atoms with van der Waals surface area (Å²) >= 11 is 0. The molecule has 54 valence electrons. The summed E-state index contributed by atoms with van der Waals surface area (Å²) < 4.78 is 0. The summed E-state index contributed by atoms with van der Waals surface area (Å²) in [6, 6.07) is -0.699. The molecule has 2 atom stereocenters. The predicted molar refractivity (Wildman–Crippen MR) is 35.1 cm³/mol. The number of hydrogen-bond acceptors (Lipinski definition) is 2. The fraction of sp³-hybridized carbons (Fsp3) is 0.833. The van der Waals surface area contributed by atoms with Crippen molar-refractivity contribution in [1.29, 1.82) is 0 Å². The van der Waals surface area contributed by atoms with Gasteiger partial charge in [-0.25, -0.2) is 0 Å². The van der Waals surface area contributed by atoms with E-state index in [1.54, 1.807) is 0 Å². The van der Waals surface area contributed by atoms with Gasteiger partial charge in [0.25, 0.3) is 0 Å². The van der Waals surface area contributed by atoms with Crippen LogP contribution in [0.2, 0.25) is 0 Å². The maximum absolute atomic E-state index is 10.2. The Morgan fingerprint density at radius 3 is 2.20 bits per heavy atom. The minimum absolute atomic E-state index is 0. The van der Waals surface area contributed by atoms with Gasteiger partial charge >= 0.3 is 57.4 Å². The van der Waals surface area contributed by atoms with Gasteiger partial charge in [-0.15, -0.1) is 0 Å². The van der Waals surface area contributed by atoms with Crippen LogP contribution in [0, 0.1) is 5.92 Å². The van der Waals surface area contributed by atoms with Crippen LogP contribution in [-0.4, -0.2) is 17.1 Å². The van der Waals surface area contributed by atoms with E-state index in [1.165, 1.54) is 0 Å². The Morgan fingerprint density at radius 1 is 1.70 bits per heavy atom. The third-order valence-electron chi connectivity index (χ3n) is 1.54. The molecule has 3 N–H and O–H groups in total. The zero-order valence-corrected chi connectivity index (χ0v) is 9.92. The summed E-state index contributed by atoms with van der Waals surface area (Å²) in [5.41, 5.74) is 5.27. The summed E-state index contributed by atoms with van der Waals surface area (Å²) in [5.74, 6) is -0.841. The zero-order valence-electron chi connectivity index (χ0n) is 6.79. The maximum atomic E-state index is 10.2. The van der Waals surface area contributed by atoms with Gasteiger partial charge in [0.05, 0.1) is 0 Å². The van der Waals surface area contributed by atoms with Gasteiger partial charge in [0, 0.05) is 0 Å². The topological polar surface area (TPSA) is 63.3 Å². The average Bonchev–Trinajstić information content (AvgIpc) is 1.84. The molecule has 0 fully saturated rings. The predicted octanol–water partition coefficient (Wildman–Crippen LogP) is -2.55. The van der Waals surface area contributed by atoms with Gasteiger partial charge in [-0.2, -0.15) is 0 Å². The Kier molecular flexibility index (Phi) is 9.22. The van der Waals surface area contributed by atoms with Gasteiger partial charge in [-0.05, 0) is 5.92 Å². The van der Waals surface area contributed by atoms with Crippen LogP contribution in [0.25, 0.3) is 0 Å². The van der Waals surface area contributed by atoms with E-state index < -0.39 is 12.0 Å². The smallest absolute Gasteiger partial charge is 0.480 e. The van der Waals surface area contributed by atoms with Gasteiger partial charge in [0.15, 0.2) is 0 Å². The fourth-order valence-corrected chi connectivity index (χ4v) is 0.497. The Hall–Kier alpha value is 1.07. The maximum Gasteiger partial charge on any atom is 1.00 e. The van der Waals surface area contributed by atoms with E-state index in [0.717, 1.165) is 6.42 Å². The Morgan fingerprint density at radius 2 is 2.10 bits per heavy atom. The van der Waals surface area contributed by atoms with E-state index >= 15 is 0 Å². The molecule has 0 aromatic carbocycles. The molecule has 10 heavy (non-hydrogen) atoms. The largest absolute Gasteiger partial charge is 1.00 e. The molecule has 0 rings (SSSR count). The van der Waals surface area contributed by atoms with E-state index in [9.17, 15) is 4.79 Å². The molecule has 0 spiro atoms. The zero-order chi connectivity index (χ0) is 7.44. The van der Waals surface area contributed by atoms with E-state index in [1.807, 2.05) is 13.8 Å². The molecule has 0 heterocycles. The van der Waals surface area contributed by atoms with Crippen LogP contribution in [0.5, 0.6) is 0 Å². The van der Waals surface area contributed by atoms with Crippen LogP contribution in [0.15, 0.2) is 0 Å². The van der Waals surface area contributed by atoms with Crippen molar-refractivity contribution in [1.82, 2.24) is 0 Å². The third-order valence-corrected chi connectivity index (χ3v) is 1.54. The molecule has 0 amide bonds. The second kappa shape index (κ2) is 6.76. The van der Waals surface area contributed by atoms with Crippen LogP contribution in [0.1, 0.15) is 20.3 Å². The van der Waals surface area contributed by atoms with E-state index in [2.05, 4.69) is 0 Å². The van der Waals surface area contributed by atoms with Gasteiger partial charge in [-0.3, -0.25) is 4.79 Å². The second-order valence-corrected chi connectivity index (χ2v) is 2.25. The minimum Gasteiger partial charge on any atom is -0.480 e. The second-order valence-electron chi connectivity index (χ2n) is 2.25. The van der Waals surface area contributed by atoms with Crippen molar-refractivity contribution < 1.29 is 61.3 Å². The van der Waals surface area contributed by atoms with Gasteiger partial charge in [0.2, 0.25) is 0 Å². The summed E-state index contributed by atoms with van der Waals surface area (Å²) in [6.07, 6.45) is 0.813. The number of nitrogens with two attached hydrogens (primary N) is 1. The molecule has 0 saturated carbocycles. The van der Waals surface area contributed by atoms with Crippen molar-refractivity contribution in [3.8, 4) is 0 Å². The quantitative estimate of drug-likeness (QED) is 0.458. The summed E-state index contributed by atoms with van der Waals surface area (Å²) in [4.78, 5) is 10.2. The molecule has 0 aliphatic carbocycles. The molecule has 0 saturated heterocycles. The monoisotopic (exact) mass is 170 g/mol. The molecular weight excluding hydrogens is 157 g/mol. The summed E-state index contributed by atoms with van der Waals surface area (Å²) in [6.45, 7) is 3.76. The first-order valence-electron chi connectivity index (χ1n) is 3.08. The molecule has 0 aromatic heterocycles. The molecule has 4 heteroatoms. The number of hydrogen-bond donors (Lipinski definition) is 2. The molecule has 3 nitrogen and oxygen atoms in total. The molecule has 0 aliphatic heterocycles. The van der Waals surface area contributed by atoms with Crippen molar-refractivity contribution in [2.75, 3.05) is 0 Å². The molecule has 0 aromatic rings. The molecular formula is C6H13KNO2+. The minimum atomic E-state index is -0.913. The molecule has 0 bridgehead atoms. The number of carbonyl (C=O) groups is 1. The Labute approximate surface area is 104 Å². The van der Waals surface area contributed by atoms with Crippen molar-refractivity contribution in [3.63, 3.8) is 0 Å². The van der Waals surface area contributed by atoms with Crippen LogP contribution >= 0.6 is 0 Å². The number of carboxylic acids is 1. The van der Waals surface area contributed by atoms with Crippen molar-refractivity contribution >= 4 is 5.97 Å². The average molecular weight is 170 g/mol. The van der Waals surface area contributed by atoms with Crippen LogP contribution < -0.4 is 57.1 Å². The normalized spacial score (nSPS) is 15.1. The first kappa shape index (κ1) is 13.6. The van der Waals surface area contributed by atoms with Gasteiger partial charge in [-0.1, -0.05) is 20.3 Å². The van der Waals surface area contributed by atoms with E-state index in [4.69, 9.17) is 10.8 Å². The van der Waals surface area contributed by atoms with Gasteiger partial charge in [0.1, 0.15) is 6.04 Å². The SMILES string of the molecule is CCC(C)C(N)C(=O)O.[K+]. The van der Waals surface area contributed by atoms with Gasteiger partial charge < -0.3 is 10.8 Å². The first-order valence-corrected chi connectivity index (χ1v) is 3.08. The number of aliphatic carboxylic acids is 1. The van der Waals surface area contributed by atoms with Crippen molar-refractivity contribution in [2.24, 2.45) is 11.7 Å². The molecule has 2 unspecified atom stereocenters.